The summed E-state index contributed by atoms with van der Waals surface area (Å²) in [5.41, 5.74) is 6.33. The Bertz CT molecular complexity index is 438. The molecule has 18 heavy (non-hydrogen) atoms. The van der Waals surface area contributed by atoms with E-state index >= 15 is 0 Å². The van der Waals surface area contributed by atoms with Gasteiger partial charge in [-0.2, -0.15) is 0 Å². The van der Waals surface area contributed by atoms with E-state index in [1.54, 1.807) is 12.1 Å². The van der Waals surface area contributed by atoms with Crippen molar-refractivity contribution in [2.75, 3.05) is 12.3 Å². The van der Waals surface area contributed by atoms with E-state index in [4.69, 9.17) is 10.5 Å². The monoisotopic (exact) mass is 376 g/mol. The molecule has 4 nitrogen and oxygen atoms in total. The Balaban J connectivity index is 1.84. The first-order valence-corrected chi connectivity index (χ1v) is 7.31. The van der Waals surface area contributed by atoms with Gasteiger partial charge in [0.2, 0.25) is 5.91 Å². The number of carbonyl (C=O) groups excluding carboxylic acids is 1. The topological polar surface area (TPSA) is 64.3 Å². The Hall–Kier alpha value is -0.750. The summed E-state index contributed by atoms with van der Waals surface area (Å²) < 4.78 is 7.14. The molecule has 2 rings (SSSR count). The van der Waals surface area contributed by atoms with Gasteiger partial charge in [-0.1, -0.05) is 0 Å². The largest absolute Gasteiger partial charge is 0.491 e. The molecule has 3 N–H and O–H groups in total. The van der Waals surface area contributed by atoms with Crippen LogP contribution in [0.1, 0.15) is 19.3 Å². The predicted octanol–water partition coefficient (Wildman–Crippen LogP) is 2.84. The standard InChI is InChI=1S/C12H14Br2N2O2/c13-9-5-7(15)6-10(14)12(9)18-4-3-11(17)16-8-1-2-8/h5-6,8H,1-4,15H2,(H,16,17). The van der Waals surface area contributed by atoms with Crippen molar-refractivity contribution in [1.82, 2.24) is 5.32 Å². The van der Waals surface area contributed by atoms with Crippen LogP contribution < -0.4 is 15.8 Å². The van der Waals surface area contributed by atoms with Gasteiger partial charge < -0.3 is 15.8 Å². The fourth-order valence-corrected chi connectivity index (χ4v) is 2.94. The minimum atomic E-state index is 0.0418. The number of carbonyl (C=O) groups is 1. The van der Waals surface area contributed by atoms with Gasteiger partial charge in [-0.3, -0.25) is 4.79 Å². The number of nitrogens with one attached hydrogen (secondary N) is 1. The second-order valence-electron chi connectivity index (χ2n) is 4.25. The van der Waals surface area contributed by atoms with E-state index in [1.807, 2.05) is 0 Å². The number of nitrogens with two attached hydrogens (primary N) is 1. The van der Waals surface area contributed by atoms with E-state index < -0.39 is 0 Å². The smallest absolute Gasteiger partial charge is 0.223 e. The molecular formula is C12H14Br2N2O2. The third-order valence-corrected chi connectivity index (χ3v) is 3.72. The minimum absolute atomic E-state index is 0.0418. The van der Waals surface area contributed by atoms with Crippen LogP contribution in [-0.4, -0.2) is 18.6 Å². The van der Waals surface area contributed by atoms with E-state index in [0.29, 0.717) is 30.5 Å². The van der Waals surface area contributed by atoms with Gasteiger partial charge in [0.25, 0.3) is 0 Å². The lowest BCUT2D eigenvalue weighted by Gasteiger charge is -2.11. The highest BCUT2D eigenvalue weighted by Gasteiger charge is 2.22. The van der Waals surface area contributed by atoms with E-state index in [9.17, 15) is 4.79 Å². The predicted molar refractivity (Wildman–Crippen MR) is 77.5 cm³/mol. The SMILES string of the molecule is Nc1cc(Br)c(OCCC(=O)NC2CC2)c(Br)c1. The molecule has 1 aromatic carbocycles. The van der Waals surface area contributed by atoms with Gasteiger partial charge in [0, 0.05) is 11.7 Å². The summed E-state index contributed by atoms with van der Waals surface area (Å²) in [4.78, 5) is 11.5. The number of ether oxygens (including phenoxy) is 1. The molecule has 0 atom stereocenters. The Morgan fingerprint density at radius 2 is 2.00 bits per heavy atom. The van der Waals surface area contributed by atoms with Crippen LogP contribution >= 0.6 is 31.9 Å². The second-order valence-corrected chi connectivity index (χ2v) is 5.96. The fourth-order valence-electron chi connectivity index (χ4n) is 1.49. The maximum absolute atomic E-state index is 11.5. The van der Waals surface area contributed by atoms with Gasteiger partial charge in [-0.05, 0) is 56.8 Å². The van der Waals surface area contributed by atoms with Crippen molar-refractivity contribution >= 4 is 43.5 Å². The average molecular weight is 378 g/mol. The summed E-state index contributed by atoms with van der Waals surface area (Å²) in [6.45, 7) is 0.347. The molecule has 1 saturated carbocycles. The first kappa shape index (κ1) is 13.7. The summed E-state index contributed by atoms with van der Waals surface area (Å²) in [6, 6.07) is 3.93. The maximum Gasteiger partial charge on any atom is 0.223 e. The van der Waals surface area contributed by atoms with Crippen LogP contribution in [0.3, 0.4) is 0 Å². The number of amides is 1. The van der Waals surface area contributed by atoms with Crippen LogP contribution in [0.15, 0.2) is 21.1 Å². The van der Waals surface area contributed by atoms with Gasteiger partial charge in [0.15, 0.2) is 0 Å². The lowest BCUT2D eigenvalue weighted by Crippen LogP contribution is -2.26. The number of anilines is 1. The van der Waals surface area contributed by atoms with Crippen LogP contribution in [0.25, 0.3) is 0 Å². The van der Waals surface area contributed by atoms with Crippen LogP contribution in [0.4, 0.5) is 5.69 Å². The molecule has 0 aliphatic heterocycles. The molecule has 0 radical (unpaired) electrons. The van der Waals surface area contributed by atoms with Crippen molar-refractivity contribution in [2.45, 2.75) is 25.3 Å². The van der Waals surface area contributed by atoms with Crippen LogP contribution in [0.2, 0.25) is 0 Å². The molecule has 1 amide bonds. The van der Waals surface area contributed by atoms with Crippen molar-refractivity contribution in [3.63, 3.8) is 0 Å². The zero-order valence-electron chi connectivity index (χ0n) is 9.71. The molecule has 0 bridgehead atoms. The van der Waals surface area contributed by atoms with Crippen molar-refractivity contribution in [3.8, 4) is 5.75 Å². The first-order chi connectivity index (χ1) is 8.56. The zero-order valence-corrected chi connectivity index (χ0v) is 12.9. The third-order valence-electron chi connectivity index (χ3n) is 2.54. The van der Waals surface area contributed by atoms with Gasteiger partial charge >= 0.3 is 0 Å². The molecular weight excluding hydrogens is 364 g/mol. The molecule has 1 aliphatic rings. The van der Waals surface area contributed by atoms with E-state index in [0.717, 1.165) is 21.8 Å². The Kier molecular flexibility index (Phi) is 4.50. The molecule has 1 aliphatic carbocycles. The normalized spacial score (nSPS) is 14.3. The summed E-state index contributed by atoms with van der Waals surface area (Å²) in [6.07, 6.45) is 2.56. The Morgan fingerprint density at radius 3 is 2.56 bits per heavy atom. The van der Waals surface area contributed by atoms with Gasteiger partial charge in [0.1, 0.15) is 5.75 Å². The van der Waals surface area contributed by atoms with E-state index in [-0.39, 0.29) is 5.91 Å². The number of rotatable bonds is 5. The second kappa shape index (κ2) is 5.93. The minimum Gasteiger partial charge on any atom is -0.491 e. The summed E-state index contributed by atoms with van der Waals surface area (Å²) in [5.74, 6) is 0.712. The molecule has 6 heteroatoms. The van der Waals surface area contributed by atoms with Crippen molar-refractivity contribution < 1.29 is 9.53 Å². The molecule has 1 fully saturated rings. The van der Waals surface area contributed by atoms with Crippen LogP contribution in [0, 0.1) is 0 Å². The molecule has 0 saturated heterocycles. The molecule has 98 valence electrons. The summed E-state index contributed by atoms with van der Waals surface area (Å²) in [5, 5.41) is 2.92. The van der Waals surface area contributed by atoms with E-state index in [2.05, 4.69) is 37.2 Å². The van der Waals surface area contributed by atoms with Crippen molar-refractivity contribution in [2.24, 2.45) is 0 Å². The Morgan fingerprint density at radius 1 is 1.39 bits per heavy atom. The molecule has 1 aromatic rings. The number of nitrogen functional groups attached to an aromatic ring is 1. The Labute approximate surface area is 123 Å². The quantitative estimate of drug-likeness (QED) is 0.775. The fraction of sp³-hybridized carbons (Fsp3) is 0.417. The maximum atomic E-state index is 11.5. The summed E-state index contributed by atoms with van der Waals surface area (Å²) >= 11 is 6.76. The van der Waals surface area contributed by atoms with Gasteiger partial charge in [0.05, 0.1) is 22.0 Å². The van der Waals surface area contributed by atoms with Crippen molar-refractivity contribution in [1.29, 1.82) is 0 Å². The average Bonchev–Trinajstić information content (AvgIpc) is 3.05. The van der Waals surface area contributed by atoms with E-state index in [1.165, 1.54) is 0 Å². The highest BCUT2D eigenvalue weighted by atomic mass is 79.9. The zero-order chi connectivity index (χ0) is 13.1. The van der Waals surface area contributed by atoms with Gasteiger partial charge in [-0.25, -0.2) is 0 Å². The number of halogens is 2. The molecule has 0 aromatic heterocycles. The molecule has 0 heterocycles. The number of hydrogen-bond acceptors (Lipinski definition) is 3. The molecule has 0 spiro atoms. The first-order valence-electron chi connectivity index (χ1n) is 5.73. The molecule has 0 unspecified atom stereocenters. The summed E-state index contributed by atoms with van der Waals surface area (Å²) in [7, 11) is 0. The van der Waals surface area contributed by atoms with Gasteiger partial charge in [-0.15, -0.1) is 0 Å². The number of benzene rings is 1. The highest BCUT2D eigenvalue weighted by Crippen LogP contribution is 2.35. The van der Waals surface area contributed by atoms with Crippen molar-refractivity contribution in [3.05, 3.63) is 21.1 Å². The highest BCUT2D eigenvalue weighted by molar-refractivity contribution is 9.11. The number of hydrogen-bond donors (Lipinski definition) is 2. The lowest BCUT2D eigenvalue weighted by molar-refractivity contribution is -0.121. The lowest BCUT2D eigenvalue weighted by atomic mass is 10.3. The third kappa shape index (κ3) is 3.88. The van der Waals surface area contributed by atoms with Crippen LogP contribution in [-0.2, 0) is 4.79 Å². The van der Waals surface area contributed by atoms with Crippen LogP contribution in [0.5, 0.6) is 5.75 Å².